The molecule has 0 radical (unpaired) electrons. The summed E-state index contributed by atoms with van der Waals surface area (Å²) in [4.78, 5) is 25.0. The first-order valence-electron chi connectivity index (χ1n) is 6.12. The summed E-state index contributed by atoms with van der Waals surface area (Å²) in [6, 6.07) is 8.86. The van der Waals surface area contributed by atoms with E-state index in [1.807, 2.05) is 30.3 Å². The van der Waals surface area contributed by atoms with Crippen molar-refractivity contribution in [1.29, 1.82) is 0 Å². The second-order valence-corrected chi connectivity index (χ2v) is 4.44. The molecule has 1 aromatic carbocycles. The Bertz CT molecular complexity index is 612. The quantitative estimate of drug-likeness (QED) is 0.714. The van der Waals surface area contributed by atoms with Crippen molar-refractivity contribution in [3.63, 3.8) is 0 Å². The molecule has 8 heteroatoms. The smallest absolute Gasteiger partial charge is 0.272 e. The van der Waals surface area contributed by atoms with E-state index in [0.29, 0.717) is 6.54 Å². The van der Waals surface area contributed by atoms with E-state index in [9.17, 15) is 9.59 Å². The number of H-pyrrole nitrogens is 1. The molecule has 0 saturated carbocycles. The van der Waals surface area contributed by atoms with Gasteiger partial charge in [-0.25, -0.2) is 0 Å². The Morgan fingerprint density at radius 1 is 1.40 bits per heavy atom. The van der Waals surface area contributed by atoms with Gasteiger partial charge in [0, 0.05) is 0 Å². The Morgan fingerprint density at radius 3 is 2.85 bits per heavy atom. The fraction of sp³-hybridized carbons (Fsp3) is 0.250. The lowest BCUT2D eigenvalue weighted by molar-refractivity contribution is -0.130. The predicted octanol–water partition coefficient (Wildman–Crippen LogP) is -0.726. The number of tetrazole rings is 1. The van der Waals surface area contributed by atoms with Gasteiger partial charge in [0.25, 0.3) is 11.9 Å². The van der Waals surface area contributed by atoms with E-state index >= 15 is 0 Å². The minimum atomic E-state index is -0.510. The van der Waals surface area contributed by atoms with Crippen LogP contribution in [0.5, 0.6) is 0 Å². The summed E-state index contributed by atoms with van der Waals surface area (Å²) < 4.78 is 0. The molecule has 1 aromatic heterocycles. The SMILES string of the molecule is O=C(Cc1ccccc1)N[C@H]1CN(c2nn[nH]n2)C1=O. The molecule has 1 aliphatic heterocycles. The van der Waals surface area contributed by atoms with Crippen molar-refractivity contribution in [1.82, 2.24) is 25.9 Å². The number of aromatic nitrogens is 4. The molecule has 0 spiro atoms. The summed E-state index contributed by atoms with van der Waals surface area (Å²) in [5, 5.41) is 15.8. The van der Waals surface area contributed by atoms with Crippen molar-refractivity contribution in [3.8, 4) is 0 Å². The van der Waals surface area contributed by atoms with E-state index in [1.165, 1.54) is 4.90 Å². The monoisotopic (exact) mass is 272 g/mol. The Morgan fingerprint density at radius 2 is 2.20 bits per heavy atom. The van der Waals surface area contributed by atoms with Gasteiger partial charge in [0.2, 0.25) is 5.91 Å². The number of carbonyl (C=O) groups excluding carboxylic acids is 2. The van der Waals surface area contributed by atoms with E-state index in [0.717, 1.165) is 5.56 Å². The van der Waals surface area contributed by atoms with Gasteiger partial charge in [-0.05, 0) is 10.8 Å². The molecule has 102 valence electrons. The third-order valence-electron chi connectivity index (χ3n) is 3.05. The number of hydrogen-bond acceptors (Lipinski definition) is 5. The molecule has 0 unspecified atom stereocenters. The maximum Gasteiger partial charge on any atom is 0.272 e. The van der Waals surface area contributed by atoms with Crippen molar-refractivity contribution in [2.24, 2.45) is 0 Å². The fourth-order valence-corrected chi connectivity index (χ4v) is 2.01. The van der Waals surface area contributed by atoms with Gasteiger partial charge in [-0.1, -0.05) is 35.4 Å². The van der Waals surface area contributed by atoms with Crippen LogP contribution < -0.4 is 10.2 Å². The minimum absolute atomic E-state index is 0.178. The van der Waals surface area contributed by atoms with Crippen LogP contribution in [0.4, 0.5) is 5.95 Å². The normalized spacial score (nSPS) is 17.7. The largest absolute Gasteiger partial charge is 0.342 e. The lowest BCUT2D eigenvalue weighted by atomic mass is 10.1. The molecule has 8 nitrogen and oxygen atoms in total. The van der Waals surface area contributed by atoms with Crippen molar-refractivity contribution >= 4 is 17.8 Å². The summed E-state index contributed by atoms with van der Waals surface area (Å²) in [6.45, 7) is 0.360. The summed E-state index contributed by atoms with van der Waals surface area (Å²) >= 11 is 0. The van der Waals surface area contributed by atoms with Gasteiger partial charge in [-0.15, -0.1) is 5.10 Å². The molecular weight excluding hydrogens is 260 g/mol. The highest BCUT2D eigenvalue weighted by Crippen LogP contribution is 2.16. The zero-order valence-electron chi connectivity index (χ0n) is 10.5. The van der Waals surface area contributed by atoms with Gasteiger partial charge < -0.3 is 5.32 Å². The molecule has 2 amide bonds. The molecule has 20 heavy (non-hydrogen) atoms. The van der Waals surface area contributed by atoms with Crippen LogP contribution in [-0.4, -0.2) is 45.0 Å². The van der Waals surface area contributed by atoms with Crippen LogP contribution >= 0.6 is 0 Å². The lowest BCUT2D eigenvalue weighted by Crippen LogP contribution is -2.64. The van der Waals surface area contributed by atoms with Gasteiger partial charge in [0.15, 0.2) is 0 Å². The summed E-state index contributed by atoms with van der Waals surface area (Å²) in [6.07, 6.45) is 0.257. The second kappa shape index (κ2) is 5.08. The number of amides is 2. The average Bonchev–Trinajstić information content (AvgIpc) is 2.97. The number of nitrogens with one attached hydrogen (secondary N) is 2. The first-order valence-corrected chi connectivity index (χ1v) is 6.12. The molecule has 1 fully saturated rings. The number of rotatable bonds is 4. The number of aromatic amines is 1. The van der Waals surface area contributed by atoms with Gasteiger partial charge in [-0.2, -0.15) is 5.21 Å². The van der Waals surface area contributed by atoms with Gasteiger partial charge >= 0.3 is 0 Å². The Kier molecular flexibility index (Phi) is 3.12. The maximum atomic E-state index is 11.8. The van der Waals surface area contributed by atoms with Crippen molar-refractivity contribution in [2.75, 3.05) is 11.4 Å². The standard InChI is InChI=1S/C12H12N6O2/c19-10(6-8-4-2-1-3-5-8)13-9-7-18(11(9)20)12-14-16-17-15-12/h1-5,9H,6-7H2,(H,13,19)(H,14,15,16,17)/t9-/m0/s1. The molecule has 0 aliphatic carbocycles. The molecule has 1 aliphatic rings. The maximum absolute atomic E-state index is 11.8. The summed E-state index contributed by atoms with van der Waals surface area (Å²) in [5.41, 5.74) is 0.909. The minimum Gasteiger partial charge on any atom is -0.342 e. The Balaban J connectivity index is 1.53. The Hall–Kier alpha value is -2.77. The molecule has 1 saturated heterocycles. The second-order valence-electron chi connectivity index (χ2n) is 4.44. The van der Waals surface area contributed by atoms with Gasteiger partial charge in [0.1, 0.15) is 6.04 Å². The highest BCUT2D eigenvalue weighted by molar-refractivity contribution is 6.04. The van der Waals surface area contributed by atoms with Gasteiger partial charge in [-0.3, -0.25) is 14.5 Å². The highest BCUT2D eigenvalue weighted by Gasteiger charge is 2.40. The first kappa shape index (κ1) is 12.3. The van der Waals surface area contributed by atoms with E-state index < -0.39 is 6.04 Å². The van der Waals surface area contributed by atoms with E-state index in [-0.39, 0.29) is 24.2 Å². The molecule has 0 bridgehead atoms. The van der Waals surface area contributed by atoms with E-state index in [1.54, 1.807) is 0 Å². The van der Waals surface area contributed by atoms with Crippen molar-refractivity contribution in [3.05, 3.63) is 35.9 Å². The van der Waals surface area contributed by atoms with Gasteiger partial charge in [0.05, 0.1) is 13.0 Å². The Labute approximate surface area is 114 Å². The average molecular weight is 272 g/mol. The van der Waals surface area contributed by atoms with Crippen LogP contribution in [0.2, 0.25) is 0 Å². The van der Waals surface area contributed by atoms with Crippen LogP contribution in [0.25, 0.3) is 0 Å². The molecule has 2 heterocycles. The van der Waals surface area contributed by atoms with Crippen LogP contribution in [-0.2, 0) is 16.0 Å². The highest BCUT2D eigenvalue weighted by atomic mass is 16.2. The number of nitrogens with zero attached hydrogens (tertiary/aromatic N) is 4. The topological polar surface area (TPSA) is 104 Å². The van der Waals surface area contributed by atoms with E-state index in [2.05, 4.69) is 25.9 Å². The van der Waals surface area contributed by atoms with Crippen molar-refractivity contribution < 1.29 is 9.59 Å². The number of β-lactam (4-membered cyclic amide) rings is 1. The van der Waals surface area contributed by atoms with Crippen LogP contribution in [0.1, 0.15) is 5.56 Å². The molecular formula is C12H12N6O2. The zero-order valence-corrected chi connectivity index (χ0v) is 10.5. The molecule has 3 rings (SSSR count). The number of anilines is 1. The molecule has 2 aromatic rings. The number of benzene rings is 1. The van der Waals surface area contributed by atoms with Crippen LogP contribution in [0.15, 0.2) is 30.3 Å². The van der Waals surface area contributed by atoms with E-state index in [4.69, 9.17) is 0 Å². The first-order chi connectivity index (χ1) is 9.74. The third kappa shape index (κ3) is 2.35. The molecule has 2 N–H and O–H groups in total. The number of hydrogen-bond donors (Lipinski definition) is 2. The number of carbonyl (C=O) groups is 2. The third-order valence-corrected chi connectivity index (χ3v) is 3.05. The predicted molar refractivity (Wildman–Crippen MR) is 68.6 cm³/mol. The lowest BCUT2D eigenvalue weighted by Gasteiger charge is -2.35. The fourth-order valence-electron chi connectivity index (χ4n) is 2.01. The summed E-state index contributed by atoms with van der Waals surface area (Å²) in [7, 11) is 0. The summed E-state index contributed by atoms with van der Waals surface area (Å²) in [5.74, 6) is -0.182. The zero-order chi connectivity index (χ0) is 13.9. The molecule has 1 atom stereocenters. The van der Waals surface area contributed by atoms with Crippen LogP contribution in [0.3, 0.4) is 0 Å². The van der Waals surface area contributed by atoms with Crippen LogP contribution in [0, 0.1) is 0 Å². The van der Waals surface area contributed by atoms with Crippen molar-refractivity contribution in [2.45, 2.75) is 12.5 Å².